The van der Waals surface area contributed by atoms with Crippen molar-refractivity contribution < 1.29 is 9.59 Å². The van der Waals surface area contributed by atoms with Crippen molar-refractivity contribution in [2.75, 3.05) is 6.54 Å². The fourth-order valence-corrected chi connectivity index (χ4v) is 2.53. The SMILES string of the molecule is N#C[C@H](C(=O)NCCc1ccccc1)C(=O)c1cc(C2CC2)[nH]n1. The second-order valence-electron chi connectivity index (χ2n) is 5.94. The molecule has 2 N–H and O–H groups in total. The van der Waals surface area contributed by atoms with E-state index in [9.17, 15) is 14.9 Å². The molecule has 24 heavy (non-hydrogen) atoms. The molecule has 1 aliphatic rings. The molecular formula is C18H18N4O2. The van der Waals surface area contributed by atoms with Gasteiger partial charge >= 0.3 is 0 Å². The third kappa shape index (κ3) is 3.69. The number of H-pyrrole nitrogens is 1. The first-order chi connectivity index (χ1) is 11.7. The van der Waals surface area contributed by atoms with Gasteiger partial charge in [-0.2, -0.15) is 10.4 Å². The molecule has 0 bridgehead atoms. The van der Waals surface area contributed by atoms with Crippen LogP contribution in [0.5, 0.6) is 0 Å². The standard InChI is InChI=1S/C18H18N4O2/c19-11-14(17(23)16-10-15(21-22-16)13-6-7-13)18(24)20-9-8-12-4-2-1-3-5-12/h1-5,10,13-14H,6-9H2,(H,20,24)(H,21,22)/t14-/m0/s1. The van der Waals surface area contributed by atoms with Gasteiger partial charge in [0.25, 0.3) is 0 Å². The maximum absolute atomic E-state index is 12.3. The summed E-state index contributed by atoms with van der Waals surface area (Å²) in [6, 6.07) is 13.1. The summed E-state index contributed by atoms with van der Waals surface area (Å²) in [7, 11) is 0. The normalized spacial score (nSPS) is 14.6. The molecule has 1 heterocycles. The van der Waals surface area contributed by atoms with Gasteiger partial charge in [0.1, 0.15) is 5.69 Å². The number of nitriles is 1. The lowest BCUT2D eigenvalue weighted by molar-refractivity contribution is -0.122. The predicted octanol–water partition coefficient (Wildman–Crippen LogP) is 1.97. The Morgan fingerprint density at radius 1 is 1.33 bits per heavy atom. The monoisotopic (exact) mass is 322 g/mol. The van der Waals surface area contributed by atoms with Gasteiger partial charge in [-0.05, 0) is 30.9 Å². The minimum absolute atomic E-state index is 0.154. The van der Waals surface area contributed by atoms with Crippen LogP contribution in [0.25, 0.3) is 0 Å². The molecular weight excluding hydrogens is 304 g/mol. The molecule has 6 heteroatoms. The molecule has 1 fully saturated rings. The van der Waals surface area contributed by atoms with E-state index in [1.807, 2.05) is 30.3 Å². The molecule has 1 aromatic heterocycles. The van der Waals surface area contributed by atoms with Crippen LogP contribution in [-0.2, 0) is 11.2 Å². The molecule has 1 saturated carbocycles. The Labute approximate surface area is 139 Å². The highest BCUT2D eigenvalue weighted by Gasteiger charge is 2.31. The summed E-state index contributed by atoms with van der Waals surface area (Å²) in [5.74, 6) is -2.07. The third-order valence-electron chi connectivity index (χ3n) is 4.08. The Morgan fingerprint density at radius 2 is 2.08 bits per heavy atom. The van der Waals surface area contributed by atoms with Gasteiger partial charge in [0.15, 0.2) is 5.92 Å². The lowest BCUT2D eigenvalue weighted by Gasteiger charge is -2.08. The first-order valence-electron chi connectivity index (χ1n) is 8.00. The molecule has 0 aliphatic heterocycles. The number of aromatic amines is 1. The fourth-order valence-electron chi connectivity index (χ4n) is 2.53. The Hall–Kier alpha value is -2.94. The summed E-state index contributed by atoms with van der Waals surface area (Å²) < 4.78 is 0. The zero-order chi connectivity index (χ0) is 16.9. The Morgan fingerprint density at radius 3 is 2.75 bits per heavy atom. The van der Waals surface area contributed by atoms with Crippen molar-refractivity contribution in [3.8, 4) is 6.07 Å². The van der Waals surface area contributed by atoms with Gasteiger partial charge in [-0.3, -0.25) is 14.7 Å². The first-order valence-corrected chi connectivity index (χ1v) is 8.00. The van der Waals surface area contributed by atoms with Crippen LogP contribution in [0.15, 0.2) is 36.4 Å². The molecule has 1 aliphatic carbocycles. The Bertz CT molecular complexity index is 772. The molecule has 0 radical (unpaired) electrons. The maximum atomic E-state index is 12.3. The van der Waals surface area contributed by atoms with E-state index in [1.165, 1.54) is 0 Å². The number of hydrogen-bond acceptors (Lipinski definition) is 4. The van der Waals surface area contributed by atoms with E-state index >= 15 is 0 Å². The average molecular weight is 322 g/mol. The number of rotatable bonds is 7. The van der Waals surface area contributed by atoms with Gasteiger partial charge in [-0.25, -0.2) is 0 Å². The van der Waals surface area contributed by atoms with Gasteiger partial charge in [0.2, 0.25) is 11.7 Å². The molecule has 122 valence electrons. The van der Waals surface area contributed by atoms with E-state index in [4.69, 9.17) is 0 Å². The van der Waals surface area contributed by atoms with Gasteiger partial charge < -0.3 is 5.32 Å². The Balaban J connectivity index is 1.56. The number of hydrogen-bond donors (Lipinski definition) is 2. The topological polar surface area (TPSA) is 98.6 Å². The molecule has 1 amide bonds. The highest BCUT2D eigenvalue weighted by molar-refractivity contribution is 6.11. The molecule has 0 unspecified atom stereocenters. The van der Waals surface area contributed by atoms with Gasteiger partial charge in [-0.15, -0.1) is 0 Å². The van der Waals surface area contributed by atoms with Crippen LogP contribution in [0.4, 0.5) is 0 Å². The second kappa shape index (κ2) is 7.09. The molecule has 3 rings (SSSR count). The van der Waals surface area contributed by atoms with Crippen molar-refractivity contribution in [3.63, 3.8) is 0 Å². The number of carbonyl (C=O) groups is 2. The minimum atomic E-state index is -1.36. The molecule has 1 aromatic carbocycles. The second-order valence-corrected chi connectivity index (χ2v) is 5.94. The average Bonchev–Trinajstić information content (AvgIpc) is 3.33. The summed E-state index contributed by atoms with van der Waals surface area (Å²) in [6.45, 7) is 0.377. The number of benzene rings is 1. The Kier molecular flexibility index (Phi) is 4.71. The van der Waals surface area contributed by atoms with Crippen LogP contribution in [0.1, 0.15) is 40.5 Å². The van der Waals surface area contributed by atoms with E-state index in [-0.39, 0.29) is 5.69 Å². The van der Waals surface area contributed by atoms with Crippen LogP contribution < -0.4 is 5.32 Å². The van der Waals surface area contributed by atoms with E-state index in [1.54, 1.807) is 12.1 Å². The van der Waals surface area contributed by atoms with Crippen molar-refractivity contribution in [2.45, 2.75) is 25.2 Å². The number of nitrogens with one attached hydrogen (secondary N) is 2. The van der Waals surface area contributed by atoms with E-state index in [0.717, 1.165) is 24.1 Å². The van der Waals surface area contributed by atoms with Crippen molar-refractivity contribution in [1.82, 2.24) is 15.5 Å². The molecule has 1 atom stereocenters. The molecule has 0 spiro atoms. The van der Waals surface area contributed by atoms with Crippen LogP contribution in [0.2, 0.25) is 0 Å². The number of nitrogens with zero attached hydrogens (tertiary/aromatic N) is 2. The summed E-state index contributed by atoms with van der Waals surface area (Å²) in [6.07, 6.45) is 2.81. The lowest BCUT2D eigenvalue weighted by atomic mass is 10.0. The quantitative estimate of drug-likeness (QED) is 0.601. The molecule has 2 aromatic rings. The van der Waals surface area contributed by atoms with Crippen molar-refractivity contribution in [3.05, 3.63) is 53.3 Å². The largest absolute Gasteiger partial charge is 0.354 e. The third-order valence-corrected chi connectivity index (χ3v) is 4.08. The number of ketones is 1. The van der Waals surface area contributed by atoms with E-state index < -0.39 is 17.6 Å². The number of carbonyl (C=O) groups excluding carboxylic acids is 2. The predicted molar refractivity (Wildman–Crippen MR) is 87.2 cm³/mol. The minimum Gasteiger partial charge on any atom is -0.354 e. The summed E-state index contributed by atoms with van der Waals surface area (Å²) in [4.78, 5) is 24.5. The smallest absolute Gasteiger partial charge is 0.245 e. The van der Waals surface area contributed by atoms with Crippen molar-refractivity contribution in [2.24, 2.45) is 5.92 Å². The van der Waals surface area contributed by atoms with E-state index in [2.05, 4.69) is 15.5 Å². The highest BCUT2D eigenvalue weighted by Crippen LogP contribution is 2.39. The van der Waals surface area contributed by atoms with Crippen LogP contribution in [0.3, 0.4) is 0 Å². The summed E-state index contributed by atoms with van der Waals surface area (Å²) in [5, 5.41) is 18.6. The summed E-state index contributed by atoms with van der Waals surface area (Å²) >= 11 is 0. The molecule has 0 saturated heterocycles. The molecule has 6 nitrogen and oxygen atoms in total. The zero-order valence-corrected chi connectivity index (χ0v) is 13.2. The lowest BCUT2D eigenvalue weighted by Crippen LogP contribution is -2.36. The van der Waals surface area contributed by atoms with Crippen molar-refractivity contribution >= 4 is 11.7 Å². The number of Topliss-reactive ketones (excluding diaryl/α,β-unsaturated/α-hetero) is 1. The summed E-state index contributed by atoms with van der Waals surface area (Å²) in [5.41, 5.74) is 2.14. The van der Waals surface area contributed by atoms with E-state index in [0.29, 0.717) is 18.9 Å². The fraction of sp³-hybridized carbons (Fsp3) is 0.333. The van der Waals surface area contributed by atoms with Crippen LogP contribution in [0, 0.1) is 17.2 Å². The number of aromatic nitrogens is 2. The van der Waals surface area contributed by atoms with Crippen LogP contribution >= 0.6 is 0 Å². The zero-order valence-electron chi connectivity index (χ0n) is 13.2. The van der Waals surface area contributed by atoms with Gasteiger partial charge in [-0.1, -0.05) is 30.3 Å². The van der Waals surface area contributed by atoms with Crippen LogP contribution in [-0.4, -0.2) is 28.4 Å². The highest BCUT2D eigenvalue weighted by atomic mass is 16.2. The number of amides is 1. The maximum Gasteiger partial charge on any atom is 0.245 e. The van der Waals surface area contributed by atoms with Gasteiger partial charge in [0, 0.05) is 18.2 Å². The van der Waals surface area contributed by atoms with Crippen molar-refractivity contribution in [1.29, 1.82) is 5.26 Å². The van der Waals surface area contributed by atoms with Gasteiger partial charge in [0.05, 0.1) is 6.07 Å². The first kappa shape index (κ1) is 15.9.